The van der Waals surface area contributed by atoms with Crippen LogP contribution in [0.25, 0.3) is 0 Å². The van der Waals surface area contributed by atoms with Crippen molar-refractivity contribution in [2.75, 3.05) is 33.8 Å². The number of ether oxygens (including phenoxy) is 4. The minimum atomic E-state index is -0.385. The molecule has 0 fully saturated rings. The molecular weight excluding hydrogens is 338 g/mol. The van der Waals surface area contributed by atoms with E-state index in [0.29, 0.717) is 17.1 Å². The van der Waals surface area contributed by atoms with Crippen LogP contribution in [0.4, 0.5) is 5.69 Å². The summed E-state index contributed by atoms with van der Waals surface area (Å²) in [7, 11) is 5.86. The van der Waals surface area contributed by atoms with Gasteiger partial charge in [-0.15, -0.1) is 0 Å². The monoisotopic (exact) mass is 359 g/mol. The summed E-state index contributed by atoms with van der Waals surface area (Å²) in [6.45, 7) is 1.38. The van der Waals surface area contributed by atoms with Gasteiger partial charge in [-0.05, 0) is 31.2 Å². The van der Waals surface area contributed by atoms with Gasteiger partial charge in [0.05, 0.1) is 39.7 Å². The molecule has 138 valence electrons. The highest BCUT2D eigenvalue weighted by molar-refractivity contribution is 6.11. The van der Waals surface area contributed by atoms with Gasteiger partial charge in [0.15, 0.2) is 17.3 Å². The van der Waals surface area contributed by atoms with E-state index in [0.717, 1.165) is 0 Å². The maximum Gasteiger partial charge on any atom is 0.255 e. The molecule has 1 amide bonds. The smallest absolute Gasteiger partial charge is 0.255 e. The Kier molecular flexibility index (Phi) is 6.06. The number of nitrogens with one attached hydrogen (secondary N) is 1. The van der Waals surface area contributed by atoms with E-state index in [2.05, 4.69) is 5.32 Å². The van der Waals surface area contributed by atoms with E-state index in [9.17, 15) is 9.59 Å². The van der Waals surface area contributed by atoms with E-state index in [-0.39, 0.29) is 34.4 Å². The van der Waals surface area contributed by atoms with E-state index >= 15 is 0 Å². The third-order valence-corrected chi connectivity index (χ3v) is 3.78. The van der Waals surface area contributed by atoms with Crippen LogP contribution in [0, 0.1) is 0 Å². The molecule has 0 saturated heterocycles. The summed E-state index contributed by atoms with van der Waals surface area (Å²) in [5.74, 6) is 0.780. The van der Waals surface area contributed by atoms with Gasteiger partial charge < -0.3 is 24.3 Å². The minimum Gasteiger partial charge on any atom is -0.497 e. The van der Waals surface area contributed by atoms with Crippen LogP contribution in [-0.2, 0) is 0 Å². The summed E-state index contributed by atoms with van der Waals surface area (Å²) < 4.78 is 21.0. The van der Waals surface area contributed by atoms with Crippen LogP contribution < -0.4 is 24.3 Å². The summed E-state index contributed by atoms with van der Waals surface area (Å²) in [5, 5.41) is 2.73. The maximum absolute atomic E-state index is 12.6. The lowest BCUT2D eigenvalue weighted by Gasteiger charge is -2.18. The van der Waals surface area contributed by atoms with Crippen molar-refractivity contribution in [2.24, 2.45) is 0 Å². The summed E-state index contributed by atoms with van der Waals surface area (Å²) in [6, 6.07) is 8.13. The summed E-state index contributed by atoms with van der Waals surface area (Å²) >= 11 is 0. The van der Waals surface area contributed by atoms with Gasteiger partial charge in [0.2, 0.25) is 5.75 Å². The van der Waals surface area contributed by atoms with Gasteiger partial charge in [0.1, 0.15) is 5.75 Å². The summed E-state index contributed by atoms with van der Waals surface area (Å²) in [4.78, 5) is 24.7. The first-order valence-corrected chi connectivity index (χ1v) is 7.76. The molecule has 2 aromatic carbocycles. The number of ketones is 1. The molecule has 0 aliphatic rings. The molecule has 0 aliphatic heterocycles. The van der Waals surface area contributed by atoms with E-state index in [4.69, 9.17) is 18.9 Å². The first-order chi connectivity index (χ1) is 12.5. The summed E-state index contributed by atoms with van der Waals surface area (Å²) in [6.07, 6.45) is 0. The van der Waals surface area contributed by atoms with Crippen LogP contribution in [0.5, 0.6) is 23.0 Å². The highest BCUT2D eigenvalue weighted by Crippen LogP contribution is 2.44. The molecule has 0 radical (unpaired) electrons. The molecular formula is C19H21NO6. The molecule has 0 atom stereocenters. The van der Waals surface area contributed by atoms with Crippen molar-refractivity contribution in [3.05, 3.63) is 41.5 Å². The summed E-state index contributed by atoms with van der Waals surface area (Å²) in [5.41, 5.74) is 0.883. The number of hydrogen-bond acceptors (Lipinski definition) is 6. The van der Waals surface area contributed by atoms with Crippen molar-refractivity contribution in [1.82, 2.24) is 0 Å². The Morgan fingerprint density at radius 2 is 1.46 bits per heavy atom. The highest BCUT2D eigenvalue weighted by atomic mass is 16.5. The Morgan fingerprint density at radius 1 is 0.846 bits per heavy atom. The Labute approximate surface area is 151 Å². The van der Waals surface area contributed by atoms with E-state index in [1.807, 2.05) is 0 Å². The molecule has 0 aliphatic carbocycles. The molecule has 2 rings (SSSR count). The Balaban J connectivity index is 2.49. The van der Waals surface area contributed by atoms with Gasteiger partial charge in [0.25, 0.3) is 5.91 Å². The molecule has 0 spiro atoms. The van der Waals surface area contributed by atoms with Crippen molar-refractivity contribution in [1.29, 1.82) is 0 Å². The number of carbonyl (C=O) groups excluding carboxylic acids is 2. The molecule has 26 heavy (non-hydrogen) atoms. The number of methoxy groups -OCH3 is 4. The highest BCUT2D eigenvalue weighted by Gasteiger charge is 2.24. The fraction of sp³-hybridized carbons (Fsp3) is 0.263. The second-order valence-electron chi connectivity index (χ2n) is 5.31. The Hall–Kier alpha value is -3.22. The normalized spacial score (nSPS) is 10.0. The SMILES string of the molecule is COc1ccc(C(=O)Nc2cc(OC)c(OC)c(OC)c2C(C)=O)cc1. The van der Waals surface area contributed by atoms with Crippen LogP contribution in [0.3, 0.4) is 0 Å². The van der Waals surface area contributed by atoms with Crippen LogP contribution in [-0.4, -0.2) is 40.1 Å². The molecule has 0 saturated carbocycles. The Morgan fingerprint density at radius 3 is 1.92 bits per heavy atom. The second-order valence-corrected chi connectivity index (χ2v) is 5.31. The number of benzene rings is 2. The van der Waals surface area contributed by atoms with E-state index in [1.54, 1.807) is 31.4 Å². The predicted molar refractivity (Wildman–Crippen MR) is 97.0 cm³/mol. The van der Waals surface area contributed by atoms with Crippen molar-refractivity contribution in [2.45, 2.75) is 6.92 Å². The van der Waals surface area contributed by atoms with Crippen LogP contribution >= 0.6 is 0 Å². The van der Waals surface area contributed by atoms with Crippen molar-refractivity contribution >= 4 is 17.4 Å². The average Bonchev–Trinajstić information content (AvgIpc) is 2.66. The van der Waals surface area contributed by atoms with Gasteiger partial charge in [-0.3, -0.25) is 9.59 Å². The van der Waals surface area contributed by atoms with E-state index in [1.165, 1.54) is 34.3 Å². The van der Waals surface area contributed by atoms with Crippen molar-refractivity contribution < 1.29 is 28.5 Å². The molecule has 7 heteroatoms. The number of rotatable bonds is 7. The predicted octanol–water partition coefficient (Wildman–Crippen LogP) is 3.18. The third-order valence-electron chi connectivity index (χ3n) is 3.78. The van der Waals surface area contributed by atoms with Crippen molar-refractivity contribution in [3.8, 4) is 23.0 Å². The second kappa shape index (κ2) is 8.24. The Bertz CT molecular complexity index is 814. The van der Waals surface area contributed by atoms with Gasteiger partial charge in [-0.25, -0.2) is 0 Å². The zero-order chi connectivity index (χ0) is 19.3. The molecule has 0 heterocycles. The molecule has 1 N–H and O–H groups in total. The zero-order valence-corrected chi connectivity index (χ0v) is 15.3. The van der Waals surface area contributed by atoms with Crippen LogP contribution in [0.15, 0.2) is 30.3 Å². The number of Topliss-reactive ketones (excluding diaryl/α,β-unsaturated/α-hetero) is 1. The van der Waals surface area contributed by atoms with Gasteiger partial charge in [-0.1, -0.05) is 0 Å². The number of carbonyl (C=O) groups is 2. The molecule has 0 aromatic heterocycles. The standard InChI is InChI=1S/C19H21NO6/c1-11(21)16-14(10-15(24-3)17(25-4)18(16)26-5)20-19(22)12-6-8-13(23-2)9-7-12/h6-10H,1-5H3,(H,20,22). The van der Waals surface area contributed by atoms with Gasteiger partial charge >= 0.3 is 0 Å². The molecule has 7 nitrogen and oxygen atoms in total. The fourth-order valence-electron chi connectivity index (χ4n) is 2.54. The third kappa shape index (κ3) is 3.72. The minimum absolute atomic E-state index is 0.199. The molecule has 0 bridgehead atoms. The first-order valence-electron chi connectivity index (χ1n) is 7.76. The molecule has 0 unspecified atom stereocenters. The topological polar surface area (TPSA) is 83.1 Å². The quantitative estimate of drug-likeness (QED) is 0.765. The lowest BCUT2D eigenvalue weighted by atomic mass is 10.1. The molecule has 2 aromatic rings. The fourth-order valence-corrected chi connectivity index (χ4v) is 2.54. The van der Waals surface area contributed by atoms with E-state index < -0.39 is 0 Å². The lowest BCUT2D eigenvalue weighted by Crippen LogP contribution is -2.15. The number of hydrogen-bond donors (Lipinski definition) is 1. The first kappa shape index (κ1) is 19.1. The van der Waals surface area contributed by atoms with Crippen LogP contribution in [0.1, 0.15) is 27.6 Å². The van der Waals surface area contributed by atoms with Gasteiger partial charge in [0, 0.05) is 11.6 Å². The average molecular weight is 359 g/mol. The van der Waals surface area contributed by atoms with Gasteiger partial charge in [-0.2, -0.15) is 0 Å². The zero-order valence-electron chi connectivity index (χ0n) is 15.3. The maximum atomic E-state index is 12.6. The van der Waals surface area contributed by atoms with Crippen molar-refractivity contribution in [3.63, 3.8) is 0 Å². The van der Waals surface area contributed by atoms with Crippen LogP contribution in [0.2, 0.25) is 0 Å². The number of amides is 1. The lowest BCUT2D eigenvalue weighted by molar-refractivity contribution is 0.101. The largest absolute Gasteiger partial charge is 0.497 e. The number of anilines is 1.